The fourth-order valence-electron chi connectivity index (χ4n) is 2.57. The summed E-state index contributed by atoms with van der Waals surface area (Å²) in [5.41, 5.74) is 0.891. The Hall–Kier alpha value is -1.99. The van der Waals surface area contributed by atoms with Gasteiger partial charge in [-0.1, -0.05) is 24.8 Å². The van der Waals surface area contributed by atoms with Crippen LogP contribution in [0.2, 0.25) is 0 Å². The largest absolute Gasteiger partial charge is 0.495 e. The Balaban J connectivity index is 1.90. The summed E-state index contributed by atoms with van der Waals surface area (Å²) >= 11 is 0. The fraction of sp³-hybridized carbons (Fsp3) is 0.412. The monoisotopic (exact) mass is 272 g/mol. The molecule has 0 radical (unpaired) electrons. The van der Waals surface area contributed by atoms with Crippen LogP contribution in [0.15, 0.2) is 48.7 Å². The van der Waals surface area contributed by atoms with Gasteiger partial charge >= 0.3 is 0 Å². The van der Waals surface area contributed by atoms with Gasteiger partial charge in [0.2, 0.25) is 0 Å². The van der Waals surface area contributed by atoms with E-state index in [0.29, 0.717) is 12.5 Å². The first-order valence-electron chi connectivity index (χ1n) is 7.00. The van der Waals surface area contributed by atoms with Crippen molar-refractivity contribution in [1.29, 1.82) is 0 Å². The SMILES string of the molecule is C=COC(COc1ccccc1)C1CCC(=C=O)CC1. The topological polar surface area (TPSA) is 35.5 Å². The van der Waals surface area contributed by atoms with Crippen molar-refractivity contribution in [3.8, 4) is 5.75 Å². The third kappa shape index (κ3) is 4.01. The lowest BCUT2D eigenvalue weighted by molar-refractivity contribution is 0.0322. The molecule has 20 heavy (non-hydrogen) atoms. The Morgan fingerprint density at radius 2 is 2.00 bits per heavy atom. The van der Waals surface area contributed by atoms with Gasteiger partial charge in [0, 0.05) is 5.57 Å². The normalized spacial score (nSPS) is 19.8. The van der Waals surface area contributed by atoms with Crippen molar-refractivity contribution in [1.82, 2.24) is 0 Å². The van der Waals surface area contributed by atoms with E-state index >= 15 is 0 Å². The number of hydrogen-bond acceptors (Lipinski definition) is 3. The molecule has 3 heteroatoms. The summed E-state index contributed by atoms with van der Waals surface area (Å²) in [6.07, 6.45) is 4.99. The van der Waals surface area contributed by atoms with Crippen molar-refractivity contribution in [2.24, 2.45) is 5.92 Å². The van der Waals surface area contributed by atoms with E-state index in [0.717, 1.165) is 37.0 Å². The number of hydrogen-bond donors (Lipinski definition) is 0. The van der Waals surface area contributed by atoms with Crippen LogP contribution in [0.4, 0.5) is 0 Å². The van der Waals surface area contributed by atoms with Gasteiger partial charge in [0.15, 0.2) is 0 Å². The summed E-state index contributed by atoms with van der Waals surface area (Å²) in [5.74, 6) is 3.27. The van der Waals surface area contributed by atoms with Crippen LogP contribution in [0.25, 0.3) is 0 Å². The van der Waals surface area contributed by atoms with Gasteiger partial charge in [-0.25, -0.2) is 4.79 Å². The van der Waals surface area contributed by atoms with Crippen molar-refractivity contribution in [2.45, 2.75) is 31.8 Å². The first-order valence-corrected chi connectivity index (χ1v) is 7.00. The van der Waals surface area contributed by atoms with Gasteiger partial charge in [0.05, 0.1) is 6.26 Å². The quantitative estimate of drug-likeness (QED) is 0.587. The predicted molar refractivity (Wildman–Crippen MR) is 78.2 cm³/mol. The lowest BCUT2D eigenvalue weighted by atomic mass is 9.83. The first kappa shape index (κ1) is 14.4. The maximum atomic E-state index is 10.6. The molecular formula is C17H20O3. The summed E-state index contributed by atoms with van der Waals surface area (Å²) in [7, 11) is 0. The molecule has 0 spiro atoms. The average Bonchev–Trinajstić information content (AvgIpc) is 2.52. The van der Waals surface area contributed by atoms with Crippen LogP contribution in [0, 0.1) is 5.92 Å². The lowest BCUT2D eigenvalue weighted by Gasteiger charge is -2.29. The molecule has 2 rings (SSSR count). The molecule has 0 aromatic heterocycles. The van der Waals surface area contributed by atoms with Gasteiger partial charge in [-0.2, -0.15) is 0 Å². The molecule has 1 saturated carbocycles. The zero-order chi connectivity index (χ0) is 14.2. The Morgan fingerprint density at radius 3 is 2.60 bits per heavy atom. The molecule has 0 amide bonds. The smallest absolute Gasteiger partial charge is 0.134 e. The van der Waals surface area contributed by atoms with Gasteiger partial charge in [-0.15, -0.1) is 0 Å². The minimum absolute atomic E-state index is 0.0130. The number of ether oxygens (including phenoxy) is 2. The second-order valence-corrected chi connectivity index (χ2v) is 5.01. The van der Waals surface area contributed by atoms with Crippen LogP contribution >= 0.6 is 0 Å². The van der Waals surface area contributed by atoms with Crippen LogP contribution in [-0.4, -0.2) is 18.7 Å². The molecule has 0 heterocycles. The number of benzene rings is 1. The molecule has 1 unspecified atom stereocenters. The van der Waals surface area contributed by atoms with E-state index in [1.54, 1.807) is 0 Å². The summed E-state index contributed by atoms with van der Waals surface area (Å²) in [6.45, 7) is 4.14. The molecule has 0 aliphatic heterocycles. The zero-order valence-corrected chi connectivity index (χ0v) is 11.6. The highest BCUT2D eigenvalue weighted by Gasteiger charge is 2.27. The van der Waals surface area contributed by atoms with E-state index in [1.165, 1.54) is 6.26 Å². The molecule has 106 valence electrons. The van der Waals surface area contributed by atoms with Gasteiger partial charge < -0.3 is 9.47 Å². The standard InChI is InChI=1S/C17H20O3/c1-2-19-17(13-20-16-6-4-3-5-7-16)15-10-8-14(12-18)9-11-15/h2-7,15,17H,1,8-11,13H2. The van der Waals surface area contributed by atoms with Crippen molar-refractivity contribution in [3.63, 3.8) is 0 Å². The molecule has 1 aliphatic rings. The maximum Gasteiger partial charge on any atom is 0.134 e. The van der Waals surface area contributed by atoms with Crippen LogP contribution in [0.5, 0.6) is 5.75 Å². The van der Waals surface area contributed by atoms with E-state index in [-0.39, 0.29) is 6.10 Å². The average molecular weight is 272 g/mol. The maximum absolute atomic E-state index is 10.6. The predicted octanol–water partition coefficient (Wildman–Crippen LogP) is 3.54. The Labute approximate surface area is 119 Å². The summed E-state index contributed by atoms with van der Waals surface area (Å²) in [5, 5.41) is 0. The highest BCUT2D eigenvalue weighted by atomic mass is 16.5. The summed E-state index contributed by atoms with van der Waals surface area (Å²) < 4.78 is 11.4. The summed E-state index contributed by atoms with van der Waals surface area (Å²) in [4.78, 5) is 10.6. The Bertz CT molecular complexity index is 464. The highest BCUT2D eigenvalue weighted by Crippen LogP contribution is 2.30. The molecule has 0 saturated heterocycles. The number of para-hydroxylation sites is 1. The molecule has 0 N–H and O–H groups in total. The molecule has 1 aromatic rings. The zero-order valence-electron chi connectivity index (χ0n) is 11.6. The van der Waals surface area contributed by atoms with Crippen molar-refractivity contribution < 1.29 is 14.3 Å². The van der Waals surface area contributed by atoms with Gasteiger partial charge in [-0.3, -0.25) is 0 Å². The van der Waals surface area contributed by atoms with Crippen molar-refractivity contribution >= 4 is 5.94 Å². The van der Waals surface area contributed by atoms with Crippen LogP contribution in [-0.2, 0) is 9.53 Å². The van der Waals surface area contributed by atoms with Crippen LogP contribution < -0.4 is 4.74 Å². The highest BCUT2D eigenvalue weighted by molar-refractivity contribution is 5.52. The van der Waals surface area contributed by atoms with Crippen LogP contribution in [0.3, 0.4) is 0 Å². The van der Waals surface area contributed by atoms with Gasteiger partial charge in [0.1, 0.15) is 24.4 Å². The van der Waals surface area contributed by atoms with Crippen molar-refractivity contribution in [3.05, 3.63) is 48.7 Å². The molecule has 1 aromatic carbocycles. The van der Waals surface area contributed by atoms with E-state index in [4.69, 9.17) is 9.47 Å². The molecule has 0 bridgehead atoms. The fourth-order valence-corrected chi connectivity index (χ4v) is 2.57. The molecule has 1 aliphatic carbocycles. The number of allylic oxidation sites excluding steroid dienone is 1. The molecule has 1 fully saturated rings. The number of carbonyl (C=O) groups excluding carboxylic acids is 1. The minimum atomic E-state index is -0.0130. The second kappa shape index (κ2) is 7.56. The molecular weight excluding hydrogens is 252 g/mol. The summed E-state index contributed by atoms with van der Waals surface area (Å²) in [6, 6.07) is 9.71. The minimum Gasteiger partial charge on any atom is -0.495 e. The van der Waals surface area contributed by atoms with E-state index in [2.05, 4.69) is 6.58 Å². The van der Waals surface area contributed by atoms with E-state index in [9.17, 15) is 4.79 Å². The van der Waals surface area contributed by atoms with Gasteiger partial charge in [-0.05, 0) is 43.7 Å². The lowest BCUT2D eigenvalue weighted by Crippen LogP contribution is -2.31. The Morgan fingerprint density at radius 1 is 1.30 bits per heavy atom. The second-order valence-electron chi connectivity index (χ2n) is 5.01. The number of rotatable bonds is 6. The van der Waals surface area contributed by atoms with E-state index < -0.39 is 0 Å². The third-order valence-corrected chi connectivity index (χ3v) is 3.73. The van der Waals surface area contributed by atoms with E-state index in [1.807, 2.05) is 36.3 Å². The first-order chi connectivity index (χ1) is 9.83. The Kier molecular flexibility index (Phi) is 5.45. The van der Waals surface area contributed by atoms with Crippen molar-refractivity contribution in [2.75, 3.05) is 6.61 Å². The third-order valence-electron chi connectivity index (χ3n) is 3.73. The molecule has 1 atom stereocenters. The van der Waals surface area contributed by atoms with Gasteiger partial charge in [0.25, 0.3) is 0 Å². The van der Waals surface area contributed by atoms with Crippen LogP contribution in [0.1, 0.15) is 25.7 Å². The molecule has 3 nitrogen and oxygen atoms in total.